The predicted molar refractivity (Wildman–Crippen MR) is 35.1 cm³/mol. The van der Waals surface area contributed by atoms with E-state index in [1.165, 1.54) is 0 Å². The standard InChI is InChI=1S/C3H9O2Si2/c1-2-3-4-7-5-6/h2-3H,1,7H2,6H3. The van der Waals surface area contributed by atoms with Crippen molar-refractivity contribution in [2.45, 2.75) is 0 Å². The molecule has 0 rings (SSSR count). The third-order valence-corrected chi connectivity index (χ3v) is 1.65. The zero-order valence-corrected chi connectivity index (χ0v) is 7.80. The smallest absolute Gasteiger partial charge is 0.294 e. The fourth-order valence-electron chi connectivity index (χ4n) is 0.175. The first kappa shape index (κ1) is 7.09. The van der Waals surface area contributed by atoms with Gasteiger partial charge in [-0.3, -0.25) is 0 Å². The van der Waals surface area contributed by atoms with Crippen molar-refractivity contribution in [1.29, 1.82) is 0 Å². The summed E-state index contributed by atoms with van der Waals surface area (Å²) in [6.07, 6.45) is 1.60. The van der Waals surface area contributed by atoms with Crippen LogP contribution in [0.1, 0.15) is 0 Å². The Balaban J connectivity index is 2.56. The van der Waals surface area contributed by atoms with Crippen LogP contribution in [0.5, 0.6) is 0 Å². The molecular weight excluding hydrogens is 124 g/mol. The van der Waals surface area contributed by atoms with E-state index < -0.39 is 10.0 Å². The van der Waals surface area contributed by atoms with Crippen LogP contribution in [-0.4, -0.2) is 20.5 Å². The van der Waals surface area contributed by atoms with Crippen LogP contribution in [0.4, 0.5) is 0 Å². The lowest BCUT2D eigenvalue weighted by Gasteiger charge is -1.93. The maximum Gasteiger partial charge on any atom is 0.294 e. The Kier molecular flexibility index (Phi) is 6.18. The summed E-state index contributed by atoms with van der Waals surface area (Å²) >= 11 is 0. The van der Waals surface area contributed by atoms with E-state index in [0.29, 0.717) is 0 Å². The van der Waals surface area contributed by atoms with E-state index in [1.54, 1.807) is 12.7 Å². The van der Waals surface area contributed by atoms with Gasteiger partial charge in [-0.1, -0.05) is 6.08 Å². The molecule has 0 aromatic heterocycles. The zero-order chi connectivity index (χ0) is 5.54. The molecule has 0 aromatic carbocycles. The maximum atomic E-state index is 4.84. The molecule has 1 radical (unpaired) electrons. The normalized spacial score (nSPS) is 10.9. The van der Waals surface area contributed by atoms with Gasteiger partial charge in [-0.25, -0.2) is 0 Å². The van der Waals surface area contributed by atoms with Gasteiger partial charge in [-0.15, -0.1) is 6.58 Å². The molecule has 0 aliphatic rings. The molecule has 0 saturated carbocycles. The Morgan fingerprint density at radius 1 is 1.71 bits per heavy atom. The number of hydrogen-bond donors (Lipinski definition) is 0. The molecule has 2 nitrogen and oxygen atoms in total. The molecule has 0 aromatic rings. The summed E-state index contributed by atoms with van der Waals surface area (Å²) < 4.78 is 9.66. The molecule has 0 spiro atoms. The van der Waals surface area contributed by atoms with E-state index >= 15 is 0 Å². The number of rotatable bonds is 4. The third-order valence-electron chi connectivity index (χ3n) is 0.378. The lowest BCUT2D eigenvalue weighted by atomic mass is 10.7. The van der Waals surface area contributed by atoms with Crippen molar-refractivity contribution >= 4 is 20.5 Å². The van der Waals surface area contributed by atoms with Crippen molar-refractivity contribution in [2.75, 3.05) is 0 Å². The highest BCUT2D eigenvalue weighted by Crippen LogP contribution is 1.76. The van der Waals surface area contributed by atoms with Crippen molar-refractivity contribution in [3.63, 3.8) is 0 Å². The Morgan fingerprint density at radius 2 is 2.43 bits per heavy atom. The molecule has 0 aliphatic heterocycles. The van der Waals surface area contributed by atoms with E-state index in [-0.39, 0.29) is 0 Å². The summed E-state index contributed by atoms with van der Waals surface area (Å²) in [6.45, 7) is 4.99. The lowest BCUT2D eigenvalue weighted by Crippen LogP contribution is -1.97. The molecule has 0 N–H and O–H groups in total. The Hall–Kier alpha value is 0.0938. The summed E-state index contributed by atoms with van der Waals surface area (Å²) in [5.41, 5.74) is 0. The lowest BCUT2D eigenvalue weighted by molar-refractivity contribution is 0.393. The van der Waals surface area contributed by atoms with Gasteiger partial charge in [-0.05, 0) is 0 Å². The summed E-state index contributed by atoms with van der Waals surface area (Å²) in [5, 5.41) is 0. The van der Waals surface area contributed by atoms with Crippen LogP contribution in [0.15, 0.2) is 12.7 Å². The first-order valence-electron chi connectivity index (χ1n) is 1.96. The summed E-state index contributed by atoms with van der Waals surface area (Å²) in [4.78, 5) is 0. The van der Waals surface area contributed by atoms with Gasteiger partial charge in [0.2, 0.25) is 0 Å². The summed E-state index contributed by atoms with van der Waals surface area (Å²) in [5.74, 6) is 0. The Bertz CT molecular complexity index is 48.2. The highest BCUT2D eigenvalue weighted by molar-refractivity contribution is 6.27. The second kappa shape index (κ2) is 6.09. The van der Waals surface area contributed by atoms with Crippen molar-refractivity contribution in [2.24, 2.45) is 0 Å². The van der Waals surface area contributed by atoms with Crippen LogP contribution in [0.3, 0.4) is 0 Å². The fourth-order valence-corrected chi connectivity index (χ4v) is 0.934. The van der Waals surface area contributed by atoms with E-state index in [9.17, 15) is 0 Å². The first-order chi connectivity index (χ1) is 3.41. The van der Waals surface area contributed by atoms with E-state index in [0.717, 1.165) is 10.5 Å². The molecular formula is C3H9O2Si2. The van der Waals surface area contributed by atoms with Crippen LogP contribution < -0.4 is 0 Å². The minimum Gasteiger partial charge on any atom is -0.449 e. The monoisotopic (exact) mass is 133 g/mol. The highest BCUT2D eigenvalue weighted by Gasteiger charge is 1.77. The van der Waals surface area contributed by atoms with Crippen LogP contribution in [-0.2, 0) is 8.54 Å². The van der Waals surface area contributed by atoms with E-state index in [1.807, 2.05) is 0 Å². The third kappa shape index (κ3) is 6.09. The predicted octanol–water partition coefficient (Wildman–Crippen LogP) is -1.35. The second-order valence-corrected chi connectivity index (χ2v) is 3.82. The van der Waals surface area contributed by atoms with Crippen LogP contribution in [0.2, 0.25) is 0 Å². The molecule has 0 atom stereocenters. The molecule has 0 fully saturated rings. The van der Waals surface area contributed by atoms with Crippen LogP contribution >= 0.6 is 0 Å². The van der Waals surface area contributed by atoms with Gasteiger partial charge in [-0.2, -0.15) is 0 Å². The summed E-state index contributed by atoms with van der Waals surface area (Å²) in [6, 6.07) is 0. The van der Waals surface area contributed by atoms with Gasteiger partial charge in [0.15, 0.2) is 0 Å². The van der Waals surface area contributed by atoms with Gasteiger partial charge < -0.3 is 8.54 Å². The highest BCUT2D eigenvalue weighted by atomic mass is 28.3. The van der Waals surface area contributed by atoms with Gasteiger partial charge >= 0.3 is 0 Å². The minimum atomic E-state index is -0.654. The molecule has 7 heavy (non-hydrogen) atoms. The van der Waals surface area contributed by atoms with Gasteiger partial charge in [0.1, 0.15) is 10.5 Å². The van der Waals surface area contributed by atoms with E-state index in [4.69, 9.17) is 8.54 Å². The van der Waals surface area contributed by atoms with Gasteiger partial charge in [0.25, 0.3) is 10.0 Å². The molecule has 0 aliphatic carbocycles. The second-order valence-electron chi connectivity index (χ2n) is 0.945. The summed E-state index contributed by atoms with van der Waals surface area (Å²) in [7, 11) is 0.134. The molecule has 0 heterocycles. The maximum absolute atomic E-state index is 4.84. The number of hydrogen-bond acceptors (Lipinski definition) is 2. The average molecular weight is 133 g/mol. The van der Waals surface area contributed by atoms with Crippen molar-refractivity contribution in [3.05, 3.63) is 19.3 Å². The van der Waals surface area contributed by atoms with Crippen LogP contribution in [0, 0.1) is 6.61 Å². The first-order valence-corrected chi connectivity index (χ1v) is 3.93. The quantitative estimate of drug-likeness (QED) is 0.349. The fraction of sp³-hybridized carbons (Fsp3) is 0. The molecule has 0 unspecified atom stereocenters. The Labute approximate surface area is 49.1 Å². The zero-order valence-electron chi connectivity index (χ0n) is 4.39. The van der Waals surface area contributed by atoms with Crippen molar-refractivity contribution < 1.29 is 8.54 Å². The largest absolute Gasteiger partial charge is 0.449 e. The minimum absolute atomic E-state index is 0.654. The topological polar surface area (TPSA) is 18.5 Å². The molecule has 0 bridgehead atoms. The molecule has 4 heteroatoms. The molecule has 0 saturated heterocycles. The Morgan fingerprint density at radius 3 is 2.86 bits per heavy atom. The SMILES string of the molecule is C=C[CH]O[SiH2]O[SiH3]. The average Bonchev–Trinajstić information content (AvgIpc) is 1.69. The van der Waals surface area contributed by atoms with Crippen molar-refractivity contribution in [1.82, 2.24) is 0 Å². The van der Waals surface area contributed by atoms with Crippen molar-refractivity contribution in [3.8, 4) is 0 Å². The van der Waals surface area contributed by atoms with Crippen LogP contribution in [0.25, 0.3) is 0 Å². The van der Waals surface area contributed by atoms with Gasteiger partial charge in [0, 0.05) is 0 Å². The molecule has 0 amide bonds. The molecule has 41 valence electrons. The van der Waals surface area contributed by atoms with E-state index in [2.05, 4.69) is 6.58 Å². The van der Waals surface area contributed by atoms with Gasteiger partial charge in [0.05, 0.1) is 6.61 Å².